The number of carbonyl (C=O) groups excluding carboxylic acids is 2. The third-order valence-electron chi connectivity index (χ3n) is 5.62. The number of amides is 2. The van der Waals surface area contributed by atoms with Crippen LogP contribution in [0, 0.1) is 6.92 Å². The second kappa shape index (κ2) is 7.42. The summed E-state index contributed by atoms with van der Waals surface area (Å²) in [7, 11) is 1.48. The maximum atomic E-state index is 13.0. The molecule has 0 bridgehead atoms. The molecule has 0 fully saturated rings. The van der Waals surface area contributed by atoms with Crippen molar-refractivity contribution in [2.75, 3.05) is 7.05 Å². The van der Waals surface area contributed by atoms with Crippen molar-refractivity contribution in [3.8, 4) is 5.69 Å². The van der Waals surface area contributed by atoms with Gasteiger partial charge in [-0.1, -0.05) is 28.1 Å². The molecule has 8 heteroatoms. The van der Waals surface area contributed by atoms with E-state index >= 15 is 0 Å². The van der Waals surface area contributed by atoms with Gasteiger partial charge in [-0.15, -0.1) is 0 Å². The molecule has 2 heterocycles. The van der Waals surface area contributed by atoms with Crippen molar-refractivity contribution in [1.82, 2.24) is 14.7 Å². The average molecular weight is 489 g/mol. The number of aromatic nitrogens is 2. The molecule has 7 nitrogen and oxygen atoms in total. The van der Waals surface area contributed by atoms with Gasteiger partial charge in [0.25, 0.3) is 17.4 Å². The van der Waals surface area contributed by atoms with E-state index in [4.69, 9.17) is 0 Å². The maximum absolute atomic E-state index is 13.0. The summed E-state index contributed by atoms with van der Waals surface area (Å²) in [5.74, 6) is -0.679. The molecule has 0 radical (unpaired) electrons. The molecule has 0 saturated heterocycles. The zero-order chi connectivity index (χ0) is 22.6. The first-order chi connectivity index (χ1) is 15.4. The summed E-state index contributed by atoms with van der Waals surface area (Å²) in [6.07, 6.45) is 1.52. The van der Waals surface area contributed by atoms with Gasteiger partial charge in [-0.3, -0.25) is 29.4 Å². The first kappa shape index (κ1) is 20.1. The number of hydrogen-bond acceptors (Lipinski definition) is 4. The largest absolute Gasteiger partial charge is 0.295 e. The van der Waals surface area contributed by atoms with E-state index in [0.29, 0.717) is 44.5 Å². The highest BCUT2D eigenvalue weighted by molar-refractivity contribution is 9.10. The molecule has 1 aliphatic heterocycles. The molecule has 0 saturated carbocycles. The monoisotopic (exact) mass is 488 g/mol. The minimum absolute atomic E-state index is 0.219. The van der Waals surface area contributed by atoms with Crippen LogP contribution in [0.2, 0.25) is 0 Å². The molecule has 1 aliphatic rings. The van der Waals surface area contributed by atoms with E-state index in [1.54, 1.807) is 24.3 Å². The highest BCUT2D eigenvalue weighted by Crippen LogP contribution is 2.35. The van der Waals surface area contributed by atoms with Gasteiger partial charge in [0.05, 0.1) is 16.9 Å². The lowest BCUT2D eigenvalue weighted by Gasteiger charge is -2.24. The van der Waals surface area contributed by atoms with Crippen LogP contribution in [0.1, 0.15) is 32.0 Å². The van der Waals surface area contributed by atoms with Gasteiger partial charge < -0.3 is 0 Å². The fraction of sp³-hybridized carbons (Fsp3) is 0.0833. The Morgan fingerprint density at radius 1 is 0.938 bits per heavy atom. The van der Waals surface area contributed by atoms with Crippen molar-refractivity contribution in [3.63, 3.8) is 0 Å². The van der Waals surface area contributed by atoms with Crippen LogP contribution in [-0.2, 0) is 0 Å². The second-order valence-corrected chi connectivity index (χ2v) is 8.47. The van der Waals surface area contributed by atoms with Crippen molar-refractivity contribution in [2.45, 2.75) is 6.92 Å². The lowest BCUT2D eigenvalue weighted by atomic mass is 9.93. The maximum Gasteiger partial charge on any atom is 0.280 e. The SMILES string of the molecule is Cc1[nH]n(-c2ccc(Br)cc2)c(=O)c1C=Nc1ccc2c3c(cccc13)C(=O)N(C)C2=O. The molecule has 32 heavy (non-hydrogen) atoms. The lowest BCUT2D eigenvalue weighted by molar-refractivity contribution is 0.0650. The van der Waals surface area contributed by atoms with Gasteiger partial charge in [0, 0.05) is 45.3 Å². The zero-order valence-corrected chi connectivity index (χ0v) is 18.8. The van der Waals surface area contributed by atoms with Crippen LogP contribution < -0.4 is 5.56 Å². The number of halogens is 1. The standard InChI is InChI=1S/C24H17BrN4O3/c1-13-19(24(32)29(27-13)15-8-6-14(25)7-9-15)12-26-20-11-10-18-21-16(20)4-3-5-17(21)22(30)28(2)23(18)31/h3-12,27H,1-2H3. The molecule has 0 unspecified atom stereocenters. The van der Waals surface area contributed by atoms with Crippen LogP contribution in [0.3, 0.4) is 0 Å². The number of nitrogens with zero attached hydrogens (tertiary/aromatic N) is 3. The summed E-state index contributed by atoms with van der Waals surface area (Å²) in [5, 5.41) is 4.36. The fourth-order valence-corrected chi connectivity index (χ4v) is 4.20. The number of aryl methyl sites for hydroxylation is 1. The number of aromatic amines is 1. The molecule has 1 N–H and O–H groups in total. The van der Waals surface area contributed by atoms with Gasteiger partial charge in [-0.25, -0.2) is 4.68 Å². The molecule has 0 atom stereocenters. The Morgan fingerprint density at radius 3 is 2.34 bits per heavy atom. The van der Waals surface area contributed by atoms with Crippen LogP contribution in [0.25, 0.3) is 16.5 Å². The Kier molecular flexibility index (Phi) is 4.67. The van der Waals surface area contributed by atoms with E-state index in [0.717, 1.165) is 9.37 Å². The minimum Gasteiger partial charge on any atom is -0.295 e. The van der Waals surface area contributed by atoms with Gasteiger partial charge in [-0.05, 0) is 49.4 Å². The number of imide groups is 1. The summed E-state index contributed by atoms with van der Waals surface area (Å²) in [6.45, 7) is 1.81. The number of aliphatic imine (C=N–C) groups is 1. The normalized spacial score (nSPS) is 13.5. The Hall–Kier alpha value is -3.78. The van der Waals surface area contributed by atoms with Crippen LogP contribution in [0.15, 0.2) is 68.9 Å². The predicted octanol–water partition coefficient (Wildman–Crippen LogP) is 4.37. The Bertz CT molecular complexity index is 1490. The van der Waals surface area contributed by atoms with Gasteiger partial charge in [0.15, 0.2) is 0 Å². The van der Waals surface area contributed by atoms with E-state index in [-0.39, 0.29) is 17.4 Å². The quantitative estimate of drug-likeness (QED) is 0.343. The first-order valence-electron chi connectivity index (χ1n) is 9.86. The van der Waals surface area contributed by atoms with Crippen LogP contribution in [-0.4, -0.2) is 39.8 Å². The number of carbonyl (C=O) groups is 2. The van der Waals surface area contributed by atoms with E-state index in [9.17, 15) is 14.4 Å². The van der Waals surface area contributed by atoms with Crippen LogP contribution >= 0.6 is 15.9 Å². The highest BCUT2D eigenvalue weighted by Gasteiger charge is 2.30. The van der Waals surface area contributed by atoms with Crippen molar-refractivity contribution >= 4 is 50.4 Å². The summed E-state index contributed by atoms with van der Waals surface area (Å²) < 4.78 is 2.39. The number of rotatable bonds is 3. The minimum atomic E-state index is -0.340. The number of H-pyrrole nitrogens is 1. The molecular formula is C24H17BrN4O3. The van der Waals surface area contributed by atoms with E-state index < -0.39 is 0 Å². The molecule has 4 aromatic rings. The van der Waals surface area contributed by atoms with Gasteiger partial charge in [0.1, 0.15) is 0 Å². The third kappa shape index (κ3) is 3.03. The highest BCUT2D eigenvalue weighted by atomic mass is 79.9. The molecular weight excluding hydrogens is 472 g/mol. The molecule has 2 amide bonds. The average Bonchev–Trinajstić information content (AvgIpc) is 3.08. The Balaban J connectivity index is 1.61. The summed E-state index contributed by atoms with van der Waals surface area (Å²) in [5.41, 5.74) is 3.11. The number of hydrogen-bond donors (Lipinski definition) is 1. The molecule has 0 spiro atoms. The van der Waals surface area contributed by atoms with Crippen molar-refractivity contribution in [1.29, 1.82) is 0 Å². The smallest absolute Gasteiger partial charge is 0.280 e. The van der Waals surface area contributed by atoms with Gasteiger partial charge >= 0.3 is 0 Å². The third-order valence-corrected chi connectivity index (χ3v) is 6.15. The van der Waals surface area contributed by atoms with Crippen LogP contribution in [0.4, 0.5) is 5.69 Å². The molecule has 3 aromatic carbocycles. The molecule has 1 aromatic heterocycles. The molecule has 0 aliphatic carbocycles. The van der Waals surface area contributed by atoms with Crippen molar-refractivity contribution < 1.29 is 9.59 Å². The lowest BCUT2D eigenvalue weighted by Crippen LogP contribution is -2.36. The van der Waals surface area contributed by atoms with E-state index in [2.05, 4.69) is 26.0 Å². The number of benzene rings is 3. The summed E-state index contributed by atoms with van der Waals surface area (Å²) >= 11 is 3.39. The second-order valence-electron chi connectivity index (χ2n) is 7.56. The van der Waals surface area contributed by atoms with Crippen LogP contribution in [0.5, 0.6) is 0 Å². The van der Waals surface area contributed by atoms with Crippen molar-refractivity contribution in [3.05, 3.63) is 91.8 Å². The summed E-state index contributed by atoms with van der Waals surface area (Å²) in [4.78, 5) is 43.8. The Labute approximate surface area is 191 Å². The van der Waals surface area contributed by atoms with E-state index in [1.807, 2.05) is 37.3 Å². The summed E-state index contributed by atoms with van der Waals surface area (Å²) in [6, 6.07) is 16.1. The predicted molar refractivity (Wildman–Crippen MR) is 126 cm³/mol. The van der Waals surface area contributed by atoms with E-state index in [1.165, 1.54) is 17.9 Å². The van der Waals surface area contributed by atoms with Gasteiger partial charge in [0.2, 0.25) is 0 Å². The number of nitrogens with one attached hydrogen (secondary N) is 1. The fourth-order valence-electron chi connectivity index (χ4n) is 3.93. The Morgan fingerprint density at radius 2 is 1.62 bits per heavy atom. The molecule has 158 valence electrons. The van der Waals surface area contributed by atoms with Gasteiger partial charge in [-0.2, -0.15) is 0 Å². The topological polar surface area (TPSA) is 87.5 Å². The van der Waals surface area contributed by atoms with Crippen molar-refractivity contribution in [2.24, 2.45) is 4.99 Å². The first-order valence-corrected chi connectivity index (χ1v) is 10.7. The molecule has 5 rings (SSSR count). The zero-order valence-electron chi connectivity index (χ0n) is 17.2.